The summed E-state index contributed by atoms with van der Waals surface area (Å²) < 4.78 is 30.9. The molecule has 0 aromatic heterocycles. The Kier molecular flexibility index (Phi) is 4.68. The summed E-state index contributed by atoms with van der Waals surface area (Å²) in [6.07, 6.45) is -2.57. The highest BCUT2D eigenvalue weighted by Crippen LogP contribution is 2.40. The second-order valence-corrected chi connectivity index (χ2v) is 4.83. The highest BCUT2D eigenvalue weighted by molar-refractivity contribution is 5.31. The number of methoxy groups -OCH3 is 1. The van der Waals surface area contributed by atoms with Crippen LogP contribution in [0.2, 0.25) is 0 Å². The van der Waals surface area contributed by atoms with E-state index in [1.54, 1.807) is 38.1 Å². The van der Waals surface area contributed by atoms with Gasteiger partial charge in [0.2, 0.25) is 6.43 Å². The molecule has 1 aromatic carbocycles. The largest absolute Gasteiger partial charge is 0.497 e. The zero-order chi connectivity index (χ0) is 13.9. The van der Waals surface area contributed by atoms with E-state index in [0.29, 0.717) is 11.3 Å². The maximum Gasteiger partial charge on any atom is 0.244 e. The van der Waals surface area contributed by atoms with Gasteiger partial charge in [-0.15, -0.1) is 0 Å². The Morgan fingerprint density at radius 3 is 1.94 bits per heavy atom. The predicted octanol–water partition coefficient (Wildman–Crippen LogP) is 3.44. The molecular formula is C14H20F2O2. The van der Waals surface area contributed by atoms with Gasteiger partial charge in [-0.05, 0) is 23.6 Å². The number of hydrogen-bond donors (Lipinski definition) is 1. The number of ether oxygens (including phenoxy) is 1. The molecule has 0 saturated carbocycles. The minimum atomic E-state index is -2.57. The topological polar surface area (TPSA) is 29.5 Å². The Balaban J connectivity index is 3.18. The standard InChI is InChI=1S/C14H20F2O2/c1-9(2)14(17,10(3)13(15)16)11-5-7-12(18-4)8-6-11/h5-10,13,17H,1-4H3. The molecule has 0 saturated heterocycles. The lowest BCUT2D eigenvalue weighted by atomic mass is 9.74. The Hall–Kier alpha value is -1.16. The van der Waals surface area contributed by atoms with Crippen LogP contribution in [0.5, 0.6) is 5.75 Å². The van der Waals surface area contributed by atoms with Crippen LogP contribution in [0.3, 0.4) is 0 Å². The van der Waals surface area contributed by atoms with E-state index in [4.69, 9.17) is 4.74 Å². The fraction of sp³-hybridized carbons (Fsp3) is 0.571. The summed E-state index contributed by atoms with van der Waals surface area (Å²) in [5.74, 6) is -0.810. The van der Waals surface area contributed by atoms with Crippen LogP contribution in [0.15, 0.2) is 24.3 Å². The first-order valence-corrected chi connectivity index (χ1v) is 5.99. The first kappa shape index (κ1) is 14.9. The molecule has 2 nitrogen and oxygen atoms in total. The van der Waals surface area contributed by atoms with E-state index in [9.17, 15) is 13.9 Å². The summed E-state index contributed by atoms with van der Waals surface area (Å²) in [7, 11) is 1.53. The van der Waals surface area contributed by atoms with Crippen LogP contribution in [0, 0.1) is 11.8 Å². The highest BCUT2D eigenvalue weighted by atomic mass is 19.3. The van der Waals surface area contributed by atoms with Gasteiger partial charge in [-0.2, -0.15) is 0 Å². The molecule has 0 radical (unpaired) electrons. The van der Waals surface area contributed by atoms with Gasteiger partial charge in [0.25, 0.3) is 0 Å². The molecule has 0 aliphatic rings. The van der Waals surface area contributed by atoms with Crippen LogP contribution in [0.1, 0.15) is 26.3 Å². The molecule has 102 valence electrons. The maximum absolute atomic E-state index is 12.9. The molecule has 0 amide bonds. The van der Waals surface area contributed by atoms with Crippen molar-refractivity contribution < 1.29 is 18.6 Å². The second-order valence-electron chi connectivity index (χ2n) is 4.83. The molecule has 1 rings (SSSR count). The van der Waals surface area contributed by atoms with Gasteiger partial charge >= 0.3 is 0 Å². The average Bonchev–Trinajstić information content (AvgIpc) is 2.36. The lowest BCUT2D eigenvalue weighted by Crippen LogP contribution is -2.42. The normalized spacial score (nSPS) is 16.7. The van der Waals surface area contributed by atoms with E-state index >= 15 is 0 Å². The van der Waals surface area contributed by atoms with E-state index in [2.05, 4.69) is 0 Å². The lowest BCUT2D eigenvalue weighted by molar-refractivity contribution is -0.112. The molecule has 2 unspecified atom stereocenters. The van der Waals surface area contributed by atoms with Crippen LogP contribution in [-0.2, 0) is 5.60 Å². The number of alkyl halides is 2. The summed E-state index contributed by atoms with van der Waals surface area (Å²) in [4.78, 5) is 0. The monoisotopic (exact) mass is 258 g/mol. The van der Waals surface area contributed by atoms with Crippen molar-refractivity contribution in [2.75, 3.05) is 7.11 Å². The highest BCUT2D eigenvalue weighted by Gasteiger charge is 2.43. The van der Waals surface area contributed by atoms with Crippen molar-refractivity contribution in [2.45, 2.75) is 32.8 Å². The minimum absolute atomic E-state index is 0.310. The molecule has 0 aliphatic heterocycles. The van der Waals surface area contributed by atoms with Gasteiger partial charge in [0.15, 0.2) is 0 Å². The van der Waals surface area contributed by atoms with Crippen LogP contribution in [0.25, 0.3) is 0 Å². The third-order valence-electron chi connectivity index (χ3n) is 3.50. The smallest absolute Gasteiger partial charge is 0.244 e. The van der Waals surface area contributed by atoms with Crippen molar-refractivity contribution in [3.63, 3.8) is 0 Å². The Labute approximate surface area is 107 Å². The fourth-order valence-corrected chi connectivity index (χ4v) is 2.17. The van der Waals surface area contributed by atoms with Gasteiger partial charge in [0, 0.05) is 0 Å². The molecule has 0 fully saturated rings. The quantitative estimate of drug-likeness (QED) is 0.876. The molecule has 0 bridgehead atoms. The van der Waals surface area contributed by atoms with Crippen LogP contribution >= 0.6 is 0 Å². The lowest BCUT2D eigenvalue weighted by Gasteiger charge is -2.38. The second kappa shape index (κ2) is 5.65. The third kappa shape index (κ3) is 2.64. The molecule has 0 spiro atoms. The van der Waals surface area contributed by atoms with E-state index in [0.717, 1.165) is 0 Å². The van der Waals surface area contributed by atoms with E-state index in [-0.39, 0.29) is 5.92 Å². The van der Waals surface area contributed by atoms with Gasteiger partial charge in [0.1, 0.15) is 5.75 Å². The SMILES string of the molecule is COc1ccc(C(O)(C(C)C)C(C)C(F)F)cc1. The van der Waals surface area contributed by atoms with E-state index in [1.807, 2.05) is 0 Å². The van der Waals surface area contributed by atoms with Crippen molar-refractivity contribution in [2.24, 2.45) is 11.8 Å². The Bertz CT molecular complexity index is 376. The molecule has 0 heterocycles. The minimum Gasteiger partial charge on any atom is -0.497 e. The summed E-state index contributed by atoms with van der Waals surface area (Å²) in [6, 6.07) is 6.61. The molecule has 1 aromatic rings. The Morgan fingerprint density at radius 2 is 1.61 bits per heavy atom. The predicted molar refractivity (Wildman–Crippen MR) is 66.9 cm³/mol. The fourth-order valence-electron chi connectivity index (χ4n) is 2.17. The van der Waals surface area contributed by atoms with Crippen molar-refractivity contribution in [3.05, 3.63) is 29.8 Å². The van der Waals surface area contributed by atoms with E-state index < -0.39 is 17.9 Å². The van der Waals surface area contributed by atoms with Crippen molar-refractivity contribution >= 4 is 0 Å². The van der Waals surface area contributed by atoms with Crippen LogP contribution < -0.4 is 4.74 Å². The maximum atomic E-state index is 12.9. The molecule has 0 aliphatic carbocycles. The van der Waals surface area contributed by atoms with Crippen molar-refractivity contribution in [1.82, 2.24) is 0 Å². The van der Waals surface area contributed by atoms with Gasteiger partial charge in [-0.25, -0.2) is 8.78 Å². The molecular weight excluding hydrogens is 238 g/mol. The van der Waals surface area contributed by atoms with Crippen molar-refractivity contribution in [3.8, 4) is 5.75 Å². The molecule has 2 atom stereocenters. The van der Waals surface area contributed by atoms with Gasteiger partial charge in [0.05, 0.1) is 18.6 Å². The molecule has 1 N–H and O–H groups in total. The zero-order valence-electron chi connectivity index (χ0n) is 11.2. The number of halogens is 2. The Morgan fingerprint density at radius 1 is 1.11 bits per heavy atom. The summed E-state index contributed by atoms with van der Waals surface area (Å²) >= 11 is 0. The summed E-state index contributed by atoms with van der Waals surface area (Å²) in [5, 5.41) is 10.6. The summed E-state index contributed by atoms with van der Waals surface area (Å²) in [6.45, 7) is 4.85. The molecule has 4 heteroatoms. The molecule has 18 heavy (non-hydrogen) atoms. The van der Waals surface area contributed by atoms with E-state index in [1.165, 1.54) is 14.0 Å². The van der Waals surface area contributed by atoms with Gasteiger partial charge in [-0.1, -0.05) is 32.9 Å². The first-order valence-electron chi connectivity index (χ1n) is 5.99. The number of benzene rings is 1. The number of aliphatic hydroxyl groups is 1. The van der Waals surface area contributed by atoms with Crippen molar-refractivity contribution in [1.29, 1.82) is 0 Å². The average molecular weight is 258 g/mol. The zero-order valence-corrected chi connectivity index (χ0v) is 11.2. The third-order valence-corrected chi connectivity index (χ3v) is 3.50. The first-order chi connectivity index (χ1) is 8.33. The number of rotatable bonds is 5. The van der Waals surface area contributed by atoms with Crippen LogP contribution in [0.4, 0.5) is 8.78 Å². The van der Waals surface area contributed by atoms with Gasteiger partial charge in [-0.3, -0.25) is 0 Å². The number of hydrogen-bond acceptors (Lipinski definition) is 2. The summed E-state index contributed by atoms with van der Waals surface area (Å²) in [5.41, 5.74) is -1.05. The van der Waals surface area contributed by atoms with Gasteiger partial charge < -0.3 is 9.84 Å². The van der Waals surface area contributed by atoms with Crippen LogP contribution in [-0.4, -0.2) is 18.6 Å².